The van der Waals surface area contributed by atoms with Gasteiger partial charge in [-0.25, -0.2) is 8.78 Å². The first-order chi connectivity index (χ1) is 15.0. The van der Waals surface area contributed by atoms with E-state index in [-0.39, 0.29) is 29.6 Å². The minimum absolute atomic E-state index is 0.0495. The lowest BCUT2D eigenvalue weighted by molar-refractivity contribution is -0.137. The highest BCUT2D eigenvalue weighted by Gasteiger charge is 2.40. The highest BCUT2D eigenvalue weighted by Crippen LogP contribution is 2.33. The van der Waals surface area contributed by atoms with Gasteiger partial charge in [-0.15, -0.1) is 11.8 Å². The Morgan fingerprint density at radius 2 is 1.48 bits per heavy atom. The number of likely N-dealkylation sites (N-methyl/N-ethyl adjacent to an activating group) is 1. The molecule has 0 spiro atoms. The number of thioether (sulfide) groups is 1. The predicted octanol–water partition coefficient (Wildman–Crippen LogP) is 3.98. The summed E-state index contributed by atoms with van der Waals surface area (Å²) in [5, 5.41) is 0.349. The summed E-state index contributed by atoms with van der Waals surface area (Å²) in [5.74, 6) is 0.563. The molecule has 2 aromatic carbocycles. The molecule has 2 saturated heterocycles. The van der Waals surface area contributed by atoms with Gasteiger partial charge in [0, 0.05) is 37.3 Å². The molecule has 2 aliphatic rings. The number of nitrogens with zero attached hydrogens (tertiary/aromatic N) is 3. The molecular formula is C24H29F2N3OS. The SMILES string of the molecule is CCC1SCN(C)[C@H]1C(=O)N1CCN(C(c2ccc(F)cc2)c2ccc(F)cc2)CC1. The molecule has 0 bridgehead atoms. The molecule has 31 heavy (non-hydrogen) atoms. The predicted molar refractivity (Wildman–Crippen MR) is 121 cm³/mol. The molecule has 2 aromatic rings. The van der Waals surface area contributed by atoms with Crippen molar-refractivity contribution in [2.24, 2.45) is 0 Å². The zero-order chi connectivity index (χ0) is 22.0. The molecule has 0 aromatic heterocycles. The lowest BCUT2D eigenvalue weighted by Gasteiger charge is -2.41. The Balaban J connectivity index is 1.50. The van der Waals surface area contributed by atoms with E-state index < -0.39 is 0 Å². The number of amides is 1. The molecule has 2 aliphatic heterocycles. The van der Waals surface area contributed by atoms with E-state index in [0.29, 0.717) is 31.4 Å². The average Bonchev–Trinajstić information content (AvgIpc) is 3.17. The fourth-order valence-corrected chi connectivity index (χ4v) is 5.98. The van der Waals surface area contributed by atoms with Crippen LogP contribution in [0.15, 0.2) is 48.5 Å². The third kappa shape index (κ3) is 4.78. The lowest BCUT2D eigenvalue weighted by atomic mass is 9.96. The minimum atomic E-state index is -0.277. The molecule has 166 valence electrons. The quantitative estimate of drug-likeness (QED) is 0.696. The van der Waals surface area contributed by atoms with Crippen LogP contribution in [0.1, 0.15) is 30.5 Å². The van der Waals surface area contributed by atoms with Crippen molar-refractivity contribution in [2.45, 2.75) is 30.7 Å². The maximum absolute atomic E-state index is 13.5. The Morgan fingerprint density at radius 3 is 1.97 bits per heavy atom. The van der Waals surface area contributed by atoms with E-state index >= 15 is 0 Å². The second-order valence-corrected chi connectivity index (χ2v) is 9.51. The second kappa shape index (κ2) is 9.67. The van der Waals surface area contributed by atoms with Gasteiger partial charge in [-0.3, -0.25) is 14.6 Å². The van der Waals surface area contributed by atoms with E-state index in [9.17, 15) is 13.6 Å². The Hall–Kier alpha value is -1.96. The van der Waals surface area contributed by atoms with Gasteiger partial charge in [0.25, 0.3) is 0 Å². The summed E-state index contributed by atoms with van der Waals surface area (Å²) in [4.78, 5) is 19.7. The molecule has 0 radical (unpaired) electrons. The van der Waals surface area contributed by atoms with Crippen LogP contribution in [-0.2, 0) is 4.79 Å². The van der Waals surface area contributed by atoms with E-state index in [4.69, 9.17) is 0 Å². The van der Waals surface area contributed by atoms with Crippen molar-refractivity contribution in [2.75, 3.05) is 39.1 Å². The number of carbonyl (C=O) groups is 1. The molecule has 0 saturated carbocycles. The number of hydrogen-bond donors (Lipinski definition) is 0. The zero-order valence-corrected chi connectivity index (χ0v) is 18.8. The Labute approximate surface area is 187 Å². The van der Waals surface area contributed by atoms with Crippen molar-refractivity contribution in [1.29, 1.82) is 0 Å². The summed E-state index contributed by atoms with van der Waals surface area (Å²) in [5.41, 5.74) is 1.93. The fourth-order valence-electron chi connectivity index (χ4n) is 4.65. The van der Waals surface area contributed by atoms with Gasteiger partial charge in [-0.2, -0.15) is 0 Å². The number of benzene rings is 2. The van der Waals surface area contributed by atoms with Gasteiger partial charge in [0.2, 0.25) is 5.91 Å². The van der Waals surface area contributed by atoms with E-state index in [0.717, 1.165) is 23.4 Å². The maximum atomic E-state index is 13.5. The van der Waals surface area contributed by atoms with E-state index in [1.165, 1.54) is 24.3 Å². The van der Waals surface area contributed by atoms with Gasteiger partial charge >= 0.3 is 0 Å². The van der Waals surface area contributed by atoms with Crippen LogP contribution in [0.25, 0.3) is 0 Å². The molecule has 1 unspecified atom stereocenters. The van der Waals surface area contributed by atoms with Crippen LogP contribution >= 0.6 is 11.8 Å². The van der Waals surface area contributed by atoms with Gasteiger partial charge in [-0.05, 0) is 48.9 Å². The molecule has 4 nitrogen and oxygen atoms in total. The van der Waals surface area contributed by atoms with Crippen molar-refractivity contribution in [3.63, 3.8) is 0 Å². The van der Waals surface area contributed by atoms with Crippen LogP contribution < -0.4 is 0 Å². The van der Waals surface area contributed by atoms with Crippen molar-refractivity contribution in [3.05, 3.63) is 71.3 Å². The first-order valence-electron chi connectivity index (χ1n) is 10.8. The zero-order valence-electron chi connectivity index (χ0n) is 18.0. The molecule has 2 fully saturated rings. The molecule has 4 rings (SSSR count). The number of halogens is 2. The van der Waals surface area contributed by atoms with E-state index in [1.54, 1.807) is 24.3 Å². The van der Waals surface area contributed by atoms with Crippen molar-refractivity contribution in [3.8, 4) is 0 Å². The monoisotopic (exact) mass is 445 g/mol. The third-order valence-electron chi connectivity index (χ3n) is 6.34. The van der Waals surface area contributed by atoms with Gasteiger partial charge in [-0.1, -0.05) is 31.2 Å². The standard InChI is InChI=1S/C24H29F2N3OS/c1-3-21-23(27(2)16-31-21)24(30)29-14-12-28(13-15-29)22(17-4-8-19(25)9-5-17)18-6-10-20(26)11-7-18/h4-11,21-23H,3,12-16H2,1-2H3/t21?,23-/m1/s1. The van der Waals surface area contributed by atoms with Crippen molar-refractivity contribution >= 4 is 17.7 Å². The van der Waals surface area contributed by atoms with Crippen LogP contribution in [-0.4, -0.2) is 71.0 Å². The van der Waals surface area contributed by atoms with Crippen LogP contribution in [0, 0.1) is 11.6 Å². The normalized spacial score (nSPS) is 22.9. The Morgan fingerprint density at radius 1 is 0.968 bits per heavy atom. The summed E-state index contributed by atoms with van der Waals surface area (Å²) >= 11 is 1.86. The van der Waals surface area contributed by atoms with Crippen LogP contribution in [0.3, 0.4) is 0 Å². The van der Waals surface area contributed by atoms with Gasteiger partial charge in [0.1, 0.15) is 17.7 Å². The minimum Gasteiger partial charge on any atom is -0.339 e. The summed E-state index contributed by atoms with van der Waals surface area (Å²) in [7, 11) is 2.03. The molecule has 7 heteroatoms. The smallest absolute Gasteiger partial charge is 0.241 e. The topological polar surface area (TPSA) is 26.8 Å². The number of piperazine rings is 1. The molecule has 2 atom stereocenters. The highest BCUT2D eigenvalue weighted by atomic mass is 32.2. The maximum Gasteiger partial charge on any atom is 0.241 e. The fraction of sp³-hybridized carbons (Fsp3) is 0.458. The largest absolute Gasteiger partial charge is 0.339 e. The van der Waals surface area contributed by atoms with Gasteiger partial charge in [0.15, 0.2) is 0 Å². The molecule has 0 aliphatic carbocycles. The summed E-state index contributed by atoms with van der Waals surface area (Å²) in [6, 6.07) is 12.9. The third-order valence-corrected chi connectivity index (χ3v) is 7.91. The number of hydrogen-bond acceptors (Lipinski definition) is 4. The molecule has 1 amide bonds. The van der Waals surface area contributed by atoms with Crippen LogP contribution in [0.4, 0.5) is 8.78 Å². The molecule has 2 heterocycles. The second-order valence-electron chi connectivity index (χ2n) is 8.31. The Bertz CT molecular complexity index is 839. The van der Waals surface area contributed by atoms with E-state index in [1.807, 2.05) is 23.7 Å². The lowest BCUT2D eigenvalue weighted by Crippen LogP contribution is -2.55. The van der Waals surface area contributed by atoms with Crippen LogP contribution in [0.2, 0.25) is 0 Å². The average molecular weight is 446 g/mol. The van der Waals surface area contributed by atoms with Gasteiger partial charge in [0.05, 0.1) is 6.04 Å². The first-order valence-corrected chi connectivity index (χ1v) is 11.9. The summed E-state index contributed by atoms with van der Waals surface area (Å²) in [6.07, 6.45) is 0.989. The summed E-state index contributed by atoms with van der Waals surface area (Å²) in [6.45, 7) is 4.88. The van der Waals surface area contributed by atoms with Crippen molar-refractivity contribution in [1.82, 2.24) is 14.7 Å². The Kier molecular flexibility index (Phi) is 6.94. The number of carbonyl (C=O) groups excluding carboxylic acids is 1. The van der Waals surface area contributed by atoms with Gasteiger partial charge < -0.3 is 4.90 Å². The van der Waals surface area contributed by atoms with E-state index in [2.05, 4.69) is 16.7 Å². The highest BCUT2D eigenvalue weighted by molar-refractivity contribution is 8.00. The molecular weight excluding hydrogens is 416 g/mol. The summed E-state index contributed by atoms with van der Waals surface area (Å²) < 4.78 is 27.0. The van der Waals surface area contributed by atoms with Crippen molar-refractivity contribution < 1.29 is 13.6 Å². The first kappa shape index (κ1) is 22.2. The van der Waals surface area contributed by atoms with Crippen LogP contribution in [0.5, 0.6) is 0 Å². The number of rotatable bonds is 5. The molecule has 0 N–H and O–H groups in total.